The van der Waals surface area contributed by atoms with E-state index >= 15 is 0 Å². The lowest BCUT2D eigenvalue weighted by Crippen LogP contribution is -2.49. The SMILES string of the molecule is CC(C)N(C)C(=O)[C@H]1CCCCN1. The highest BCUT2D eigenvalue weighted by molar-refractivity contribution is 5.81. The molecule has 0 spiro atoms. The number of nitrogens with zero attached hydrogens (tertiary/aromatic N) is 1. The molecule has 0 aliphatic carbocycles. The highest BCUT2D eigenvalue weighted by Crippen LogP contribution is 2.10. The summed E-state index contributed by atoms with van der Waals surface area (Å²) in [6.07, 6.45) is 3.38. The van der Waals surface area contributed by atoms with E-state index in [2.05, 4.69) is 5.32 Å². The predicted molar refractivity (Wildman–Crippen MR) is 53.5 cm³/mol. The number of hydrogen-bond donors (Lipinski definition) is 1. The number of carbonyl (C=O) groups is 1. The molecule has 1 fully saturated rings. The van der Waals surface area contributed by atoms with Gasteiger partial charge in [0.25, 0.3) is 0 Å². The molecule has 1 N–H and O–H groups in total. The first-order chi connectivity index (χ1) is 6.13. The first-order valence-electron chi connectivity index (χ1n) is 5.13. The molecule has 0 aromatic heterocycles. The number of amides is 1. The molecule has 1 saturated heterocycles. The van der Waals surface area contributed by atoms with Crippen molar-refractivity contribution in [3.8, 4) is 0 Å². The average Bonchev–Trinajstić information content (AvgIpc) is 2.17. The van der Waals surface area contributed by atoms with E-state index in [4.69, 9.17) is 0 Å². The molecule has 3 nitrogen and oxygen atoms in total. The van der Waals surface area contributed by atoms with Crippen LogP contribution in [0.2, 0.25) is 0 Å². The predicted octanol–water partition coefficient (Wildman–Crippen LogP) is 0.995. The lowest BCUT2D eigenvalue weighted by atomic mass is 10.0. The van der Waals surface area contributed by atoms with Gasteiger partial charge in [-0.25, -0.2) is 0 Å². The fraction of sp³-hybridized carbons (Fsp3) is 0.900. The molecule has 0 radical (unpaired) electrons. The van der Waals surface area contributed by atoms with Gasteiger partial charge in [-0.3, -0.25) is 4.79 Å². The summed E-state index contributed by atoms with van der Waals surface area (Å²) in [5, 5.41) is 3.26. The Balaban J connectivity index is 2.45. The molecule has 1 amide bonds. The van der Waals surface area contributed by atoms with Crippen LogP contribution in [-0.4, -0.2) is 36.5 Å². The molecule has 0 bridgehead atoms. The van der Waals surface area contributed by atoms with Crippen molar-refractivity contribution in [3.05, 3.63) is 0 Å². The standard InChI is InChI=1S/C10H20N2O/c1-8(2)12(3)10(13)9-6-4-5-7-11-9/h8-9,11H,4-7H2,1-3H3/t9-/m1/s1. The second-order valence-corrected chi connectivity index (χ2v) is 4.05. The van der Waals surface area contributed by atoms with Gasteiger partial charge >= 0.3 is 0 Å². The third kappa shape index (κ3) is 2.69. The molecule has 0 aromatic rings. The maximum atomic E-state index is 11.8. The lowest BCUT2D eigenvalue weighted by Gasteiger charge is -2.29. The minimum absolute atomic E-state index is 0.0705. The zero-order valence-electron chi connectivity index (χ0n) is 8.84. The number of piperidine rings is 1. The second kappa shape index (κ2) is 4.61. The van der Waals surface area contributed by atoms with Crippen molar-refractivity contribution in [2.75, 3.05) is 13.6 Å². The van der Waals surface area contributed by atoms with Crippen LogP contribution in [0.5, 0.6) is 0 Å². The maximum Gasteiger partial charge on any atom is 0.239 e. The number of hydrogen-bond acceptors (Lipinski definition) is 2. The number of likely N-dealkylation sites (N-methyl/N-ethyl adjacent to an activating group) is 1. The molecule has 0 aromatic carbocycles. The zero-order valence-corrected chi connectivity index (χ0v) is 8.84. The summed E-state index contributed by atoms with van der Waals surface area (Å²) in [6, 6.07) is 0.373. The fourth-order valence-corrected chi connectivity index (χ4v) is 1.56. The summed E-state index contributed by atoms with van der Waals surface area (Å²) in [5.74, 6) is 0.245. The molecule has 3 heteroatoms. The fourth-order valence-electron chi connectivity index (χ4n) is 1.56. The Morgan fingerprint density at radius 1 is 1.46 bits per heavy atom. The molecule has 1 aliphatic heterocycles. The van der Waals surface area contributed by atoms with Crippen molar-refractivity contribution in [1.82, 2.24) is 10.2 Å². The Hall–Kier alpha value is -0.570. The molecule has 0 unspecified atom stereocenters. The summed E-state index contributed by atoms with van der Waals surface area (Å²) < 4.78 is 0. The highest BCUT2D eigenvalue weighted by atomic mass is 16.2. The minimum atomic E-state index is 0.0705. The molecule has 13 heavy (non-hydrogen) atoms. The number of carbonyl (C=O) groups excluding carboxylic acids is 1. The molecule has 1 rings (SSSR count). The van der Waals surface area contributed by atoms with Gasteiger partial charge in [-0.15, -0.1) is 0 Å². The van der Waals surface area contributed by atoms with Gasteiger partial charge in [0.1, 0.15) is 0 Å². The maximum absolute atomic E-state index is 11.8. The molecular formula is C10H20N2O. The van der Waals surface area contributed by atoms with E-state index < -0.39 is 0 Å². The molecule has 1 heterocycles. The number of rotatable bonds is 2. The van der Waals surface area contributed by atoms with Crippen LogP contribution in [0.4, 0.5) is 0 Å². The van der Waals surface area contributed by atoms with Crippen molar-refractivity contribution < 1.29 is 4.79 Å². The average molecular weight is 184 g/mol. The first kappa shape index (κ1) is 10.5. The Bertz CT molecular complexity index is 174. The second-order valence-electron chi connectivity index (χ2n) is 4.05. The molecular weight excluding hydrogens is 164 g/mol. The molecule has 1 atom stereocenters. The van der Waals surface area contributed by atoms with Crippen molar-refractivity contribution >= 4 is 5.91 Å². The van der Waals surface area contributed by atoms with E-state index in [0.29, 0.717) is 6.04 Å². The summed E-state index contributed by atoms with van der Waals surface area (Å²) in [7, 11) is 1.88. The van der Waals surface area contributed by atoms with Crippen molar-refractivity contribution in [3.63, 3.8) is 0 Å². The first-order valence-corrected chi connectivity index (χ1v) is 5.13. The van der Waals surface area contributed by atoms with E-state index in [0.717, 1.165) is 13.0 Å². The quantitative estimate of drug-likeness (QED) is 0.694. The zero-order chi connectivity index (χ0) is 9.84. The Kier molecular flexibility index (Phi) is 3.72. The van der Waals surface area contributed by atoms with E-state index in [1.54, 1.807) is 0 Å². The van der Waals surface area contributed by atoms with Crippen LogP contribution in [-0.2, 0) is 4.79 Å². The van der Waals surface area contributed by atoms with Gasteiger partial charge in [0.15, 0.2) is 0 Å². The van der Waals surface area contributed by atoms with Gasteiger partial charge in [-0.05, 0) is 33.2 Å². The molecule has 0 saturated carbocycles. The number of nitrogens with one attached hydrogen (secondary N) is 1. The lowest BCUT2D eigenvalue weighted by molar-refractivity contribution is -0.134. The van der Waals surface area contributed by atoms with Gasteiger partial charge in [-0.1, -0.05) is 6.42 Å². The third-order valence-electron chi connectivity index (χ3n) is 2.73. The van der Waals surface area contributed by atoms with Crippen LogP contribution in [0.3, 0.4) is 0 Å². The molecule has 1 aliphatic rings. The summed E-state index contributed by atoms with van der Waals surface area (Å²) >= 11 is 0. The minimum Gasteiger partial charge on any atom is -0.342 e. The topological polar surface area (TPSA) is 32.3 Å². The van der Waals surface area contributed by atoms with Crippen molar-refractivity contribution in [2.24, 2.45) is 0 Å². The largest absolute Gasteiger partial charge is 0.342 e. The summed E-state index contributed by atoms with van der Waals surface area (Å²) in [6.45, 7) is 5.07. The van der Waals surface area contributed by atoms with Crippen molar-refractivity contribution in [1.29, 1.82) is 0 Å². The van der Waals surface area contributed by atoms with Crippen LogP contribution < -0.4 is 5.32 Å². The van der Waals surface area contributed by atoms with Crippen LogP contribution in [0, 0.1) is 0 Å². The van der Waals surface area contributed by atoms with E-state index in [-0.39, 0.29) is 11.9 Å². The Labute approximate surface area is 80.5 Å². The smallest absolute Gasteiger partial charge is 0.239 e. The molecule has 76 valence electrons. The van der Waals surface area contributed by atoms with Gasteiger partial charge < -0.3 is 10.2 Å². The Morgan fingerprint density at radius 3 is 2.62 bits per heavy atom. The van der Waals surface area contributed by atoms with Gasteiger partial charge in [0, 0.05) is 13.1 Å². The van der Waals surface area contributed by atoms with Crippen molar-refractivity contribution in [2.45, 2.75) is 45.2 Å². The van der Waals surface area contributed by atoms with Crippen LogP contribution in [0.25, 0.3) is 0 Å². The van der Waals surface area contributed by atoms with E-state index in [1.165, 1.54) is 12.8 Å². The van der Waals surface area contributed by atoms with E-state index in [1.807, 2.05) is 25.8 Å². The normalized spacial score (nSPS) is 23.2. The van der Waals surface area contributed by atoms with Crippen LogP contribution in [0.1, 0.15) is 33.1 Å². The van der Waals surface area contributed by atoms with Crippen LogP contribution >= 0.6 is 0 Å². The van der Waals surface area contributed by atoms with E-state index in [9.17, 15) is 4.79 Å². The summed E-state index contributed by atoms with van der Waals surface area (Å²) in [4.78, 5) is 13.6. The summed E-state index contributed by atoms with van der Waals surface area (Å²) in [5.41, 5.74) is 0. The Morgan fingerprint density at radius 2 is 2.15 bits per heavy atom. The van der Waals surface area contributed by atoms with Gasteiger partial charge in [0.05, 0.1) is 6.04 Å². The third-order valence-corrected chi connectivity index (χ3v) is 2.73. The monoisotopic (exact) mass is 184 g/mol. The highest BCUT2D eigenvalue weighted by Gasteiger charge is 2.24. The van der Waals surface area contributed by atoms with Gasteiger partial charge in [0.2, 0.25) is 5.91 Å². The van der Waals surface area contributed by atoms with Crippen LogP contribution in [0.15, 0.2) is 0 Å². The van der Waals surface area contributed by atoms with Gasteiger partial charge in [-0.2, -0.15) is 0 Å².